The van der Waals surface area contributed by atoms with E-state index in [1.165, 1.54) is 5.56 Å². The van der Waals surface area contributed by atoms with Crippen LogP contribution in [-0.4, -0.2) is 48.8 Å². The van der Waals surface area contributed by atoms with Crippen LogP contribution in [0.2, 0.25) is 0 Å². The van der Waals surface area contributed by atoms with Gasteiger partial charge in [-0.2, -0.15) is 0 Å². The maximum absolute atomic E-state index is 10.6. The van der Waals surface area contributed by atoms with Crippen LogP contribution in [0.15, 0.2) is 58.1 Å². The van der Waals surface area contributed by atoms with Gasteiger partial charge in [0.05, 0.1) is 26.0 Å². The van der Waals surface area contributed by atoms with Gasteiger partial charge in [-0.1, -0.05) is 30.3 Å². The van der Waals surface area contributed by atoms with Crippen molar-refractivity contribution in [1.29, 1.82) is 0 Å². The van der Waals surface area contributed by atoms with Crippen LogP contribution in [0, 0.1) is 5.92 Å². The van der Waals surface area contributed by atoms with E-state index < -0.39 is 5.60 Å². The maximum Gasteiger partial charge on any atom is 0.194 e. The molecule has 7 heteroatoms. The number of nitrogens with zero attached hydrogens (tertiary/aromatic N) is 2. The molecular formula is C22H32IN3O3. The number of aliphatic imine (C=N–C) groups is 1. The van der Waals surface area contributed by atoms with Crippen molar-refractivity contribution in [3.63, 3.8) is 0 Å². The second-order valence-corrected chi connectivity index (χ2v) is 7.52. The van der Waals surface area contributed by atoms with Crippen molar-refractivity contribution in [1.82, 2.24) is 10.2 Å². The minimum Gasteiger partial charge on any atom is -0.466 e. The van der Waals surface area contributed by atoms with Crippen LogP contribution in [0.3, 0.4) is 0 Å². The van der Waals surface area contributed by atoms with Crippen LogP contribution in [0.4, 0.5) is 0 Å². The number of benzene rings is 1. The fraction of sp³-hybridized carbons (Fsp3) is 0.500. The van der Waals surface area contributed by atoms with E-state index in [1.807, 2.05) is 18.2 Å². The molecule has 2 aromatic rings. The lowest BCUT2D eigenvalue weighted by atomic mass is 10.0. The van der Waals surface area contributed by atoms with Crippen molar-refractivity contribution in [3.05, 3.63) is 60.1 Å². The summed E-state index contributed by atoms with van der Waals surface area (Å²) in [5.74, 6) is 1.85. The van der Waals surface area contributed by atoms with E-state index in [-0.39, 0.29) is 30.5 Å². The number of rotatable bonds is 8. The van der Waals surface area contributed by atoms with E-state index in [4.69, 9.17) is 9.15 Å². The Kier molecular flexibility index (Phi) is 9.45. The first-order valence-corrected chi connectivity index (χ1v) is 10.00. The van der Waals surface area contributed by atoms with Crippen molar-refractivity contribution in [2.45, 2.75) is 32.5 Å². The molecule has 0 aliphatic carbocycles. The first kappa shape index (κ1) is 23.7. The molecule has 6 nitrogen and oxygen atoms in total. The van der Waals surface area contributed by atoms with Gasteiger partial charge in [-0.15, -0.1) is 24.0 Å². The van der Waals surface area contributed by atoms with E-state index >= 15 is 0 Å². The van der Waals surface area contributed by atoms with Gasteiger partial charge in [0.2, 0.25) is 0 Å². The number of guanidine groups is 1. The molecule has 0 spiro atoms. The predicted octanol–water partition coefficient (Wildman–Crippen LogP) is 3.61. The highest BCUT2D eigenvalue weighted by molar-refractivity contribution is 14.0. The molecule has 29 heavy (non-hydrogen) atoms. The summed E-state index contributed by atoms with van der Waals surface area (Å²) in [5.41, 5.74) is 0.0784. The number of halogens is 1. The third kappa shape index (κ3) is 7.01. The molecule has 1 fully saturated rings. The van der Waals surface area contributed by atoms with E-state index in [1.54, 1.807) is 25.3 Å². The molecule has 0 bridgehead atoms. The van der Waals surface area contributed by atoms with Gasteiger partial charge in [-0.05, 0) is 38.0 Å². The molecule has 0 saturated carbocycles. The summed E-state index contributed by atoms with van der Waals surface area (Å²) in [5, 5.41) is 14.0. The first-order chi connectivity index (χ1) is 13.6. The topological polar surface area (TPSA) is 70.2 Å². The zero-order chi connectivity index (χ0) is 19.8. The summed E-state index contributed by atoms with van der Waals surface area (Å²) in [6, 6.07) is 13.8. The smallest absolute Gasteiger partial charge is 0.194 e. The summed E-state index contributed by atoms with van der Waals surface area (Å²) in [6.45, 7) is 8.05. The van der Waals surface area contributed by atoms with Gasteiger partial charge in [-0.25, -0.2) is 4.99 Å². The van der Waals surface area contributed by atoms with Crippen molar-refractivity contribution in [3.8, 4) is 0 Å². The minimum atomic E-state index is -1.12. The summed E-state index contributed by atoms with van der Waals surface area (Å²) < 4.78 is 11.3. The lowest BCUT2D eigenvalue weighted by molar-refractivity contribution is 0.0434. The molecule has 2 N–H and O–H groups in total. The SMILES string of the molecule is CCNC(=NCC(C)(O)c1ccco1)N1CCC(COCc2ccccc2)C1.I. The van der Waals surface area contributed by atoms with E-state index in [0.717, 1.165) is 38.6 Å². The van der Waals surface area contributed by atoms with Gasteiger partial charge in [0, 0.05) is 25.6 Å². The summed E-state index contributed by atoms with van der Waals surface area (Å²) in [6.07, 6.45) is 2.65. The fourth-order valence-corrected chi connectivity index (χ4v) is 3.40. The van der Waals surface area contributed by atoms with Crippen LogP contribution < -0.4 is 5.32 Å². The predicted molar refractivity (Wildman–Crippen MR) is 125 cm³/mol. The third-order valence-electron chi connectivity index (χ3n) is 4.97. The second-order valence-electron chi connectivity index (χ2n) is 7.52. The van der Waals surface area contributed by atoms with Gasteiger partial charge in [0.1, 0.15) is 11.4 Å². The average Bonchev–Trinajstić information content (AvgIpc) is 3.39. The Balaban J connectivity index is 0.00000300. The monoisotopic (exact) mass is 513 g/mol. The largest absolute Gasteiger partial charge is 0.466 e. The summed E-state index contributed by atoms with van der Waals surface area (Å²) in [7, 11) is 0. The molecule has 0 radical (unpaired) electrons. The standard InChI is InChI=1S/C22H31N3O3.HI/c1-3-23-21(24-17-22(2,26)20-10-7-13-28-20)25-12-11-19(14-25)16-27-15-18-8-5-4-6-9-18;/h4-10,13,19,26H,3,11-12,14-17H2,1-2H3,(H,23,24);1H. The molecule has 2 unspecified atom stereocenters. The molecule has 160 valence electrons. The minimum absolute atomic E-state index is 0. The highest BCUT2D eigenvalue weighted by Crippen LogP contribution is 2.22. The van der Waals surface area contributed by atoms with Crippen LogP contribution in [0.25, 0.3) is 0 Å². The van der Waals surface area contributed by atoms with Gasteiger partial charge in [0.15, 0.2) is 5.96 Å². The molecule has 1 aliphatic heterocycles. The third-order valence-corrected chi connectivity index (χ3v) is 4.97. The van der Waals surface area contributed by atoms with Crippen molar-refractivity contribution in [2.75, 3.05) is 32.8 Å². The molecule has 1 saturated heterocycles. The van der Waals surface area contributed by atoms with Crippen molar-refractivity contribution >= 4 is 29.9 Å². The molecule has 2 atom stereocenters. The molecule has 2 heterocycles. The Morgan fingerprint density at radius 3 is 2.79 bits per heavy atom. The summed E-state index contributed by atoms with van der Waals surface area (Å²) >= 11 is 0. The van der Waals surface area contributed by atoms with Gasteiger partial charge in [0.25, 0.3) is 0 Å². The molecule has 3 rings (SSSR count). The number of likely N-dealkylation sites (tertiary alicyclic amines) is 1. The van der Waals surface area contributed by atoms with Crippen molar-refractivity contribution in [2.24, 2.45) is 10.9 Å². The van der Waals surface area contributed by atoms with Crippen LogP contribution in [-0.2, 0) is 16.9 Å². The first-order valence-electron chi connectivity index (χ1n) is 10.00. The maximum atomic E-state index is 10.6. The van der Waals surface area contributed by atoms with E-state index in [2.05, 4.69) is 34.3 Å². The Labute approximate surface area is 190 Å². The molecule has 1 aromatic carbocycles. The zero-order valence-corrected chi connectivity index (χ0v) is 19.5. The van der Waals surface area contributed by atoms with Crippen LogP contribution in [0.1, 0.15) is 31.6 Å². The zero-order valence-electron chi connectivity index (χ0n) is 17.2. The summed E-state index contributed by atoms with van der Waals surface area (Å²) in [4.78, 5) is 6.91. The number of hydrogen-bond acceptors (Lipinski definition) is 4. The van der Waals surface area contributed by atoms with Crippen LogP contribution >= 0.6 is 24.0 Å². The van der Waals surface area contributed by atoms with Crippen LogP contribution in [0.5, 0.6) is 0 Å². The highest BCUT2D eigenvalue weighted by Gasteiger charge is 2.28. The van der Waals surface area contributed by atoms with Gasteiger partial charge >= 0.3 is 0 Å². The highest BCUT2D eigenvalue weighted by atomic mass is 127. The quantitative estimate of drug-likeness (QED) is 0.321. The Morgan fingerprint density at radius 1 is 1.31 bits per heavy atom. The van der Waals surface area contributed by atoms with Crippen molar-refractivity contribution < 1.29 is 14.3 Å². The Hall–Kier alpha value is -1.58. The number of furan rings is 1. The van der Waals surface area contributed by atoms with E-state index in [0.29, 0.717) is 18.3 Å². The van der Waals surface area contributed by atoms with E-state index in [9.17, 15) is 5.11 Å². The number of nitrogens with one attached hydrogen (secondary N) is 1. The lowest BCUT2D eigenvalue weighted by Crippen LogP contribution is -2.41. The average molecular weight is 513 g/mol. The normalized spacial score (nSPS) is 18.9. The molecule has 1 aromatic heterocycles. The second kappa shape index (κ2) is 11.6. The Morgan fingerprint density at radius 2 is 2.10 bits per heavy atom. The lowest BCUT2D eigenvalue weighted by Gasteiger charge is -2.24. The molecule has 0 amide bonds. The Bertz CT molecular complexity index is 735. The van der Waals surface area contributed by atoms with Gasteiger partial charge < -0.3 is 24.5 Å². The van der Waals surface area contributed by atoms with Gasteiger partial charge in [-0.3, -0.25) is 0 Å². The number of ether oxygens (including phenoxy) is 1. The fourth-order valence-electron chi connectivity index (χ4n) is 3.40. The molecule has 1 aliphatic rings. The number of aliphatic hydroxyl groups is 1. The number of hydrogen-bond donors (Lipinski definition) is 2. The molecular weight excluding hydrogens is 481 g/mol.